The zero-order chi connectivity index (χ0) is 8.72. The maximum absolute atomic E-state index is 11.6. The quantitative estimate of drug-likeness (QED) is 0.608. The van der Waals surface area contributed by atoms with Gasteiger partial charge in [-0.2, -0.15) is 0 Å². The van der Waals surface area contributed by atoms with Gasteiger partial charge in [-0.25, -0.2) is 0 Å². The number of hydrogen-bond acceptors (Lipinski definition) is 2. The van der Waals surface area contributed by atoms with Crippen molar-refractivity contribution in [3.63, 3.8) is 0 Å². The van der Waals surface area contributed by atoms with E-state index < -0.39 is 0 Å². The fourth-order valence-corrected chi connectivity index (χ4v) is 1.89. The highest BCUT2D eigenvalue weighted by Crippen LogP contribution is 2.39. The summed E-state index contributed by atoms with van der Waals surface area (Å²) in [7, 11) is 0. The van der Waals surface area contributed by atoms with Crippen LogP contribution in [0.1, 0.15) is 19.8 Å². The van der Waals surface area contributed by atoms with Gasteiger partial charge < -0.3 is 10.6 Å². The van der Waals surface area contributed by atoms with E-state index >= 15 is 0 Å². The first kappa shape index (κ1) is 8.05. The van der Waals surface area contributed by atoms with Crippen molar-refractivity contribution in [2.45, 2.75) is 25.8 Å². The molecule has 12 heavy (non-hydrogen) atoms. The largest absolute Gasteiger partial charge is 0.341 e. The Morgan fingerprint density at radius 1 is 1.58 bits per heavy atom. The SMILES string of the molecule is CC1CC1C(=O)N1CC[C@H](N)C1. The topological polar surface area (TPSA) is 46.3 Å². The summed E-state index contributed by atoms with van der Waals surface area (Å²) in [6.45, 7) is 3.80. The van der Waals surface area contributed by atoms with Gasteiger partial charge in [-0.15, -0.1) is 0 Å². The molecule has 1 aliphatic carbocycles. The molecule has 2 aliphatic rings. The zero-order valence-corrected chi connectivity index (χ0v) is 7.49. The summed E-state index contributed by atoms with van der Waals surface area (Å²) < 4.78 is 0. The van der Waals surface area contributed by atoms with E-state index in [-0.39, 0.29) is 6.04 Å². The van der Waals surface area contributed by atoms with Crippen LogP contribution in [0.4, 0.5) is 0 Å². The maximum Gasteiger partial charge on any atom is 0.226 e. The van der Waals surface area contributed by atoms with Gasteiger partial charge >= 0.3 is 0 Å². The fourth-order valence-electron chi connectivity index (χ4n) is 1.89. The number of carbonyl (C=O) groups is 1. The zero-order valence-electron chi connectivity index (χ0n) is 7.49. The summed E-state index contributed by atoms with van der Waals surface area (Å²) in [6, 6.07) is 0.225. The molecule has 2 rings (SSSR count). The monoisotopic (exact) mass is 168 g/mol. The molecule has 3 nitrogen and oxygen atoms in total. The van der Waals surface area contributed by atoms with Crippen molar-refractivity contribution in [2.75, 3.05) is 13.1 Å². The van der Waals surface area contributed by atoms with Gasteiger partial charge in [0.2, 0.25) is 5.91 Å². The lowest BCUT2D eigenvalue weighted by atomic mass is 10.3. The summed E-state index contributed by atoms with van der Waals surface area (Å²) >= 11 is 0. The van der Waals surface area contributed by atoms with E-state index in [1.165, 1.54) is 0 Å². The first-order valence-corrected chi connectivity index (χ1v) is 4.73. The smallest absolute Gasteiger partial charge is 0.226 e. The van der Waals surface area contributed by atoms with Gasteiger partial charge in [0.25, 0.3) is 0 Å². The normalized spacial score (nSPS) is 40.2. The summed E-state index contributed by atoms with van der Waals surface area (Å²) in [5.74, 6) is 1.29. The van der Waals surface area contributed by atoms with Crippen LogP contribution in [0.3, 0.4) is 0 Å². The van der Waals surface area contributed by atoms with Crippen molar-refractivity contribution in [1.82, 2.24) is 4.90 Å². The van der Waals surface area contributed by atoms with E-state index in [9.17, 15) is 4.79 Å². The lowest BCUT2D eigenvalue weighted by molar-refractivity contribution is -0.131. The number of nitrogens with two attached hydrogens (primary N) is 1. The Bertz CT molecular complexity index is 205. The average Bonchev–Trinajstić information content (AvgIpc) is 2.58. The van der Waals surface area contributed by atoms with Crippen LogP contribution in [0, 0.1) is 11.8 Å². The molecule has 2 fully saturated rings. The lowest BCUT2D eigenvalue weighted by Gasteiger charge is -2.15. The van der Waals surface area contributed by atoms with E-state index in [1.807, 2.05) is 4.90 Å². The Kier molecular flexibility index (Phi) is 1.83. The van der Waals surface area contributed by atoms with Crippen molar-refractivity contribution in [3.05, 3.63) is 0 Å². The number of likely N-dealkylation sites (tertiary alicyclic amines) is 1. The van der Waals surface area contributed by atoms with Crippen LogP contribution in [-0.4, -0.2) is 29.9 Å². The second-order valence-corrected chi connectivity index (χ2v) is 4.15. The molecule has 0 radical (unpaired) electrons. The molecule has 0 aromatic rings. The number of nitrogens with zero attached hydrogens (tertiary/aromatic N) is 1. The number of carbonyl (C=O) groups excluding carboxylic acids is 1. The summed E-state index contributed by atoms with van der Waals surface area (Å²) in [5, 5.41) is 0. The highest BCUT2D eigenvalue weighted by Gasteiger charge is 2.42. The molecular formula is C9H16N2O. The van der Waals surface area contributed by atoms with E-state index in [0.717, 1.165) is 25.9 Å². The molecule has 68 valence electrons. The minimum atomic E-state index is 0.225. The van der Waals surface area contributed by atoms with Crippen molar-refractivity contribution in [3.8, 4) is 0 Å². The molecule has 1 aliphatic heterocycles. The molecular weight excluding hydrogens is 152 g/mol. The highest BCUT2D eigenvalue weighted by molar-refractivity contribution is 5.81. The second kappa shape index (κ2) is 2.73. The Labute approximate surface area is 72.9 Å². The first-order valence-electron chi connectivity index (χ1n) is 4.73. The van der Waals surface area contributed by atoms with Crippen LogP contribution in [0.2, 0.25) is 0 Å². The van der Waals surface area contributed by atoms with Crippen molar-refractivity contribution in [2.24, 2.45) is 17.6 Å². The minimum absolute atomic E-state index is 0.225. The summed E-state index contributed by atoms with van der Waals surface area (Å²) in [4.78, 5) is 13.6. The standard InChI is InChI=1S/C9H16N2O/c1-6-4-8(6)9(12)11-3-2-7(10)5-11/h6-8H,2-5,10H2,1H3/t6?,7-,8?/m0/s1. The minimum Gasteiger partial charge on any atom is -0.341 e. The Morgan fingerprint density at radius 2 is 2.25 bits per heavy atom. The van der Waals surface area contributed by atoms with Crippen LogP contribution < -0.4 is 5.73 Å². The Morgan fingerprint density at radius 3 is 2.67 bits per heavy atom. The maximum atomic E-state index is 11.6. The van der Waals surface area contributed by atoms with Crippen LogP contribution in [-0.2, 0) is 4.79 Å². The molecule has 3 heteroatoms. The van der Waals surface area contributed by atoms with E-state index in [1.54, 1.807) is 0 Å². The predicted molar refractivity (Wildman–Crippen MR) is 46.4 cm³/mol. The van der Waals surface area contributed by atoms with E-state index in [4.69, 9.17) is 5.73 Å². The van der Waals surface area contributed by atoms with Gasteiger partial charge in [-0.3, -0.25) is 4.79 Å². The molecule has 0 aromatic heterocycles. The summed E-state index contributed by atoms with van der Waals surface area (Å²) in [6.07, 6.45) is 2.07. The van der Waals surface area contributed by atoms with Gasteiger partial charge in [-0.05, 0) is 18.8 Å². The molecule has 1 saturated heterocycles. The van der Waals surface area contributed by atoms with Crippen LogP contribution in [0.5, 0.6) is 0 Å². The average molecular weight is 168 g/mol. The van der Waals surface area contributed by atoms with E-state index in [2.05, 4.69) is 6.92 Å². The lowest BCUT2D eigenvalue weighted by Crippen LogP contribution is -2.33. The number of rotatable bonds is 1. The van der Waals surface area contributed by atoms with Gasteiger partial charge in [0.05, 0.1) is 0 Å². The van der Waals surface area contributed by atoms with Gasteiger partial charge in [-0.1, -0.05) is 6.92 Å². The third kappa shape index (κ3) is 1.33. The molecule has 1 saturated carbocycles. The van der Waals surface area contributed by atoms with Crippen molar-refractivity contribution in [1.29, 1.82) is 0 Å². The van der Waals surface area contributed by atoms with Gasteiger partial charge in [0, 0.05) is 25.0 Å². The molecule has 1 heterocycles. The number of hydrogen-bond donors (Lipinski definition) is 1. The number of amides is 1. The van der Waals surface area contributed by atoms with Crippen LogP contribution in [0.25, 0.3) is 0 Å². The molecule has 3 atom stereocenters. The molecule has 1 amide bonds. The third-order valence-corrected chi connectivity index (χ3v) is 2.96. The second-order valence-electron chi connectivity index (χ2n) is 4.15. The van der Waals surface area contributed by atoms with Crippen LogP contribution >= 0.6 is 0 Å². The molecule has 0 aromatic carbocycles. The van der Waals surface area contributed by atoms with Crippen LogP contribution in [0.15, 0.2) is 0 Å². The van der Waals surface area contributed by atoms with E-state index in [0.29, 0.717) is 17.7 Å². The first-order chi connectivity index (χ1) is 5.68. The predicted octanol–water partition coefficient (Wildman–Crippen LogP) is 0.202. The Balaban J connectivity index is 1.89. The van der Waals surface area contributed by atoms with Gasteiger partial charge in [0.1, 0.15) is 0 Å². The fraction of sp³-hybridized carbons (Fsp3) is 0.889. The third-order valence-electron chi connectivity index (χ3n) is 2.96. The molecule has 2 N–H and O–H groups in total. The Hall–Kier alpha value is -0.570. The molecule has 0 bridgehead atoms. The van der Waals surface area contributed by atoms with Crippen molar-refractivity contribution < 1.29 is 4.79 Å². The van der Waals surface area contributed by atoms with Gasteiger partial charge in [0.15, 0.2) is 0 Å². The molecule has 0 spiro atoms. The highest BCUT2D eigenvalue weighted by atomic mass is 16.2. The van der Waals surface area contributed by atoms with Crippen molar-refractivity contribution >= 4 is 5.91 Å². The summed E-state index contributed by atoms with van der Waals surface area (Å²) in [5.41, 5.74) is 5.72. The molecule has 2 unspecified atom stereocenters.